The van der Waals surface area contributed by atoms with Gasteiger partial charge in [-0.05, 0) is 29.9 Å². The van der Waals surface area contributed by atoms with Gasteiger partial charge in [-0.3, -0.25) is 9.59 Å². The van der Waals surface area contributed by atoms with Gasteiger partial charge >= 0.3 is 12.3 Å². The molecule has 2 amide bonds. The van der Waals surface area contributed by atoms with Crippen LogP contribution in [0.2, 0.25) is 0 Å². The number of ketones is 1. The minimum absolute atomic E-state index is 0.0363. The fourth-order valence-electron chi connectivity index (χ4n) is 3.11. The SMILES string of the molecule is CC(C)[C@H](NC(=O)OCc1ccccc1)C(=O)N[C@@H](CCc1ccccc1)C(=O)C(F)(F)F. The summed E-state index contributed by atoms with van der Waals surface area (Å²) < 4.78 is 44.4. The average Bonchev–Trinajstić information content (AvgIpc) is 2.78. The summed E-state index contributed by atoms with van der Waals surface area (Å²) in [5.41, 5.74) is 1.46. The largest absolute Gasteiger partial charge is 0.452 e. The van der Waals surface area contributed by atoms with Crippen LogP contribution < -0.4 is 10.6 Å². The first-order valence-electron chi connectivity index (χ1n) is 10.5. The number of Topliss-reactive ketones (excluding diaryl/α,β-unsaturated/α-hetero) is 1. The van der Waals surface area contributed by atoms with Gasteiger partial charge < -0.3 is 15.4 Å². The molecule has 0 bridgehead atoms. The molecule has 0 saturated carbocycles. The molecule has 0 unspecified atom stereocenters. The van der Waals surface area contributed by atoms with E-state index in [1.165, 1.54) is 0 Å². The molecule has 2 N–H and O–H groups in total. The van der Waals surface area contributed by atoms with Crippen molar-refractivity contribution >= 4 is 17.8 Å². The lowest BCUT2D eigenvalue weighted by Gasteiger charge is -2.25. The van der Waals surface area contributed by atoms with Crippen molar-refractivity contribution in [3.8, 4) is 0 Å². The maximum Gasteiger partial charge on any atom is 0.452 e. The van der Waals surface area contributed by atoms with Crippen molar-refractivity contribution in [3.63, 3.8) is 0 Å². The summed E-state index contributed by atoms with van der Waals surface area (Å²) in [6.07, 6.45) is -6.08. The van der Waals surface area contributed by atoms with E-state index < -0.39 is 42.0 Å². The van der Waals surface area contributed by atoms with E-state index in [9.17, 15) is 27.6 Å². The van der Waals surface area contributed by atoms with Gasteiger partial charge in [-0.2, -0.15) is 13.2 Å². The summed E-state index contributed by atoms with van der Waals surface area (Å²) in [6, 6.07) is 14.6. The highest BCUT2D eigenvalue weighted by Gasteiger charge is 2.44. The van der Waals surface area contributed by atoms with Crippen LogP contribution in [0.3, 0.4) is 0 Å². The Morgan fingerprint density at radius 1 is 0.879 bits per heavy atom. The number of alkyl carbamates (subject to hydrolysis) is 1. The van der Waals surface area contributed by atoms with Crippen molar-refractivity contribution in [2.75, 3.05) is 0 Å². The summed E-state index contributed by atoms with van der Waals surface area (Å²) in [5.74, 6) is -3.40. The number of carbonyl (C=O) groups is 3. The lowest BCUT2D eigenvalue weighted by atomic mass is 9.99. The number of amides is 2. The maximum absolute atomic E-state index is 13.1. The van der Waals surface area contributed by atoms with Gasteiger partial charge in [0.25, 0.3) is 5.78 Å². The topological polar surface area (TPSA) is 84.5 Å². The average molecular weight is 464 g/mol. The van der Waals surface area contributed by atoms with Gasteiger partial charge in [0.15, 0.2) is 0 Å². The highest BCUT2D eigenvalue weighted by Crippen LogP contribution is 2.20. The molecule has 0 aliphatic carbocycles. The normalized spacial score (nSPS) is 13.2. The van der Waals surface area contributed by atoms with Gasteiger partial charge in [0.1, 0.15) is 12.6 Å². The Bertz CT molecular complexity index is 918. The number of benzene rings is 2. The van der Waals surface area contributed by atoms with E-state index in [0.717, 1.165) is 11.1 Å². The first-order valence-corrected chi connectivity index (χ1v) is 10.5. The molecule has 33 heavy (non-hydrogen) atoms. The first-order chi connectivity index (χ1) is 15.6. The maximum atomic E-state index is 13.1. The Hall–Kier alpha value is -3.36. The highest BCUT2D eigenvalue weighted by molar-refractivity contribution is 5.94. The number of hydrogen-bond acceptors (Lipinski definition) is 4. The number of nitrogens with one attached hydrogen (secondary N) is 2. The predicted molar refractivity (Wildman–Crippen MR) is 116 cm³/mol. The number of carbonyl (C=O) groups excluding carboxylic acids is 3. The Balaban J connectivity index is 2.04. The molecule has 2 atom stereocenters. The van der Waals surface area contributed by atoms with Crippen molar-refractivity contribution in [1.29, 1.82) is 0 Å². The fourth-order valence-corrected chi connectivity index (χ4v) is 3.11. The molecule has 6 nitrogen and oxygen atoms in total. The predicted octanol–water partition coefficient (Wildman–Crippen LogP) is 4.19. The van der Waals surface area contributed by atoms with Gasteiger partial charge in [0, 0.05) is 0 Å². The Morgan fingerprint density at radius 2 is 1.42 bits per heavy atom. The van der Waals surface area contributed by atoms with Crippen molar-refractivity contribution in [3.05, 3.63) is 71.8 Å². The van der Waals surface area contributed by atoms with Crippen LogP contribution >= 0.6 is 0 Å². The first kappa shape index (κ1) is 25.9. The van der Waals surface area contributed by atoms with Gasteiger partial charge in [0.05, 0.1) is 6.04 Å². The van der Waals surface area contributed by atoms with E-state index in [2.05, 4.69) is 10.6 Å². The minimum Gasteiger partial charge on any atom is -0.445 e. The monoisotopic (exact) mass is 464 g/mol. The zero-order chi connectivity index (χ0) is 24.4. The third kappa shape index (κ3) is 8.59. The number of alkyl halides is 3. The van der Waals surface area contributed by atoms with E-state index in [1.807, 2.05) is 0 Å². The standard InChI is InChI=1S/C24H27F3N2O4/c1-16(2)20(29-23(32)33-15-18-11-7-4-8-12-18)22(31)28-19(21(30)24(25,26)27)14-13-17-9-5-3-6-10-17/h3-12,16,19-20H,13-15H2,1-2H3,(H,28,31)(H,29,32)/t19-,20-/m0/s1. The Morgan fingerprint density at radius 3 is 1.94 bits per heavy atom. The second-order valence-corrected chi connectivity index (χ2v) is 7.88. The molecular formula is C24H27F3N2O4. The number of rotatable bonds is 10. The fraction of sp³-hybridized carbons (Fsp3) is 0.375. The van der Waals surface area contributed by atoms with Crippen molar-refractivity contribution in [1.82, 2.24) is 10.6 Å². The van der Waals surface area contributed by atoms with Gasteiger partial charge in [0.2, 0.25) is 5.91 Å². The van der Waals surface area contributed by atoms with Crippen LogP contribution in [0.15, 0.2) is 60.7 Å². The lowest BCUT2D eigenvalue weighted by molar-refractivity contribution is -0.174. The minimum atomic E-state index is -5.11. The number of aryl methyl sites for hydroxylation is 1. The molecule has 9 heteroatoms. The van der Waals surface area contributed by atoms with E-state index >= 15 is 0 Å². The van der Waals surface area contributed by atoms with Crippen molar-refractivity contribution < 1.29 is 32.3 Å². The van der Waals surface area contributed by atoms with E-state index in [1.54, 1.807) is 74.5 Å². The summed E-state index contributed by atoms with van der Waals surface area (Å²) in [4.78, 5) is 36.9. The van der Waals surface area contributed by atoms with Crippen LogP contribution in [0.25, 0.3) is 0 Å². The summed E-state index contributed by atoms with van der Waals surface area (Å²) >= 11 is 0. The van der Waals surface area contributed by atoms with Gasteiger partial charge in [-0.1, -0.05) is 74.5 Å². The van der Waals surface area contributed by atoms with Gasteiger partial charge in [-0.25, -0.2) is 4.79 Å². The Labute approximate surface area is 190 Å². The smallest absolute Gasteiger partial charge is 0.445 e. The third-order valence-electron chi connectivity index (χ3n) is 4.91. The highest BCUT2D eigenvalue weighted by atomic mass is 19.4. The zero-order valence-electron chi connectivity index (χ0n) is 18.4. The quantitative estimate of drug-likeness (QED) is 0.552. The van der Waals surface area contributed by atoms with Crippen molar-refractivity contribution in [2.24, 2.45) is 5.92 Å². The molecule has 0 aliphatic rings. The van der Waals surface area contributed by atoms with Crippen molar-refractivity contribution in [2.45, 2.75) is 51.6 Å². The number of halogens is 3. The Kier molecular flexibility index (Phi) is 9.44. The summed E-state index contributed by atoms with van der Waals surface area (Å²) in [6.45, 7) is 3.20. The molecule has 0 radical (unpaired) electrons. The molecule has 0 saturated heterocycles. The molecule has 0 fully saturated rings. The van der Waals surface area contributed by atoms with Crippen LogP contribution in [-0.4, -0.2) is 36.0 Å². The van der Waals surface area contributed by atoms with E-state index in [-0.39, 0.29) is 19.4 Å². The molecule has 0 aromatic heterocycles. The second-order valence-electron chi connectivity index (χ2n) is 7.88. The summed E-state index contributed by atoms with van der Waals surface area (Å²) in [7, 11) is 0. The van der Waals surface area contributed by atoms with E-state index in [4.69, 9.17) is 4.74 Å². The summed E-state index contributed by atoms with van der Waals surface area (Å²) in [5, 5.41) is 4.55. The van der Waals surface area contributed by atoms with Crippen LogP contribution in [0.5, 0.6) is 0 Å². The molecule has 0 heterocycles. The number of ether oxygens (including phenoxy) is 1. The molecule has 2 rings (SSSR count). The third-order valence-corrected chi connectivity index (χ3v) is 4.91. The molecule has 2 aromatic rings. The van der Waals surface area contributed by atoms with E-state index in [0.29, 0.717) is 0 Å². The number of hydrogen-bond donors (Lipinski definition) is 2. The molecule has 178 valence electrons. The molecule has 0 aliphatic heterocycles. The molecule has 0 spiro atoms. The molecule has 2 aromatic carbocycles. The zero-order valence-corrected chi connectivity index (χ0v) is 18.4. The molecular weight excluding hydrogens is 437 g/mol. The van der Waals surface area contributed by atoms with Crippen LogP contribution in [0, 0.1) is 5.92 Å². The van der Waals surface area contributed by atoms with Crippen LogP contribution in [-0.2, 0) is 27.4 Å². The second kappa shape index (κ2) is 12.0. The van der Waals surface area contributed by atoms with Gasteiger partial charge in [-0.15, -0.1) is 0 Å². The lowest BCUT2D eigenvalue weighted by Crippen LogP contribution is -2.55. The van der Waals surface area contributed by atoms with Crippen LogP contribution in [0.1, 0.15) is 31.4 Å². The van der Waals surface area contributed by atoms with Crippen LogP contribution in [0.4, 0.5) is 18.0 Å².